The van der Waals surface area contributed by atoms with E-state index in [0.717, 1.165) is 17.9 Å². The van der Waals surface area contributed by atoms with Gasteiger partial charge in [0.25, 0.3) is 0 Å². The van der Waals surface area contributed by atoms with Gasteiger partial charge in [0.15, 0.2) is 0 Å². The smallest absolute Gasteiger partial charge is 0.247 e. The summed E-state index contributed by atoms with van der Waals surface area (Å²) in [5, 5.41) is 8.14. The minimum absolute atomic E-state index is 0.107. The summed E-state index contributed by atoms with van der Waals surface area (Å²) in [6.45, 7) is 0.688. The van der Waals surface area contributed by atoms with E-state index in [9.17, 15) is 12.8 Å². The number of para-hydroxylation sites is 1. The highest BCUT2D eigenvalue weighted by Crippen LogP contribution is 2.33. The first-order chi connectivity index (χ1) is 14.0. The van der Waals surface area contributed by atoms with Crippen LogP contribution in [0.1, 0.15) is 11.7 Å². The van der Waals surface area contributed by atoms with Gasteiger partial charge < -0.3 is 9.47 Å². The largest absolute Gasteiger partial charge is 0.495 e. The molecule has 3 aromatic rings. The number of hydrogen-bond donors (Lipinski definition) is 0. The van der Waals surface area contributed by atoms with E-state index in [0.29, 0.717) is 5.69 Å². The van der Waals surface area contributed by atoms with Crippen LogP contribution in [0.5, 0.6) is 11.5 Å². The fourth-order valence-electron chi connectivity index (χ4n) is 3.00. The molecule has 2 aromatic carbocycles. The van der Waals surface area contributed by atoms with Gasteiger partial charge in [0.1, 0.15) is 34.5 Å². The van der Waals surface area contributed by atoms with Crippen molar-refractivity contribution in [1.82, 2.24) is 19.3 Å². The molecule has 10 heteroatoms. The lowest BCUT2D eigenvalue weighted by molar-refractivity contribution is 0.188. The number of rotatable bonds is 7. The summed E-state index contributed by atoms with van der Waals surface area (Å²) in [6.07, 6.45) is 1.74. The van der Waals surface area contributed by atoms with Gasteiger partial charge in [0.05, 0.1) is 19.3 Å². The lowest BCUT2D eigenvalue weighted by Crippen LogP contribution is -2.50. The van der Waals surface area contributed by atoms with Crippen molar-refractivity contribution >= 4 is 10.0 Å². The number of hydrogen-bond acceptors (Lipinski definition) is 6. The number of halogens is 1. The topological polar surface area (TPSA) is 86.6 Å². The summed E-state index contributed by atoms with van der Waals surface area (Å²) >= 11 is 0. The summed E-state index contributed by atoms with van der Waals surface area (Å²) in [5.41, 5.74) is 0.641. The van der Waals surface area contributed by atoms with Crippen LogP contribution in [0.2, 0.25) is 0 Å². The normalized spacial score (nSPS) is 15.1. The van der Waals surface area contributed by atoms with Gasteiger partial charge in [0.2, 0.25) is 10.0 Å². The van der Waals surface area contributed by atoms with Crippen LogP contribution in [0.3, 0.4) is 0 Å². The summed E-state index contributed by atoms with van der Waals surface area (Å²) in [5.74, 6) is 0.198. The van der Waals surface area contributed by atoms with Crippen LogP contribution in [-0.2, 0) is 16.6 Å². The molecule has 1 aliphatic heterocycles. The second-order valence-electron chi connectivity index (χ2n) is 6.56. The molecule has 0 aliphatic carbocycles. The number of benzene rings is 2. The molecule has 29 heavy (non-hydrogen) atoms. The molecule has 1 saturated heterocycles. The van der Waals surface area contributed by atoms with Crippen LogP contribution < -0.4 is 9.47 Å². The highest BCUT2D eigenvalue weighted by molar-refractivity contribution is 7.89. The van der Waals surface area contributed by atoms with Gasteiger partial charge >= 0.3 is 0 Å². The van der Waals surface area contributed by atoms with Gasteiger partial charge in [0, 0.05) is 13.1 Å². The van der Waals surface area contributed by atoms with Crippen LogP contribution in [0.4, 0.5) is 4.39 Å². The standard InChI is InChI=1S/C19H19FN4O4S/c1-27-18-8-7-14(20)9-19(18)29(25,26)23-11-16(12-23)24-10-15(21-22-24)13-28-17-5-3-2-4-6-17/h2-10,16H,11-13H2,1H3. The van der Waals surface area contributed by atoms with Gasteiger partial charge in [-0.05, 0) is 30.3 Å². The van der Waals surface area contributed by atoms with E-state index in [2.05, 4.69) is 10.3 Å². The van der Waals surface area contributed by atoms with Gasteiger partial charge in [-0.3, -0.25) is 0 Å². The molecule has 0 N–H and O–H groups in total. The second-order valence-corrected chi connectivity index (χ2v) is 8.47. The minimum Gasteiger partial charge on any atom is -0.495 e. The third-order valence-corrected chi connectivity index (χ3v) is 6.49. The van der Waals surface area contributed by atoms with E-state index in [1.54, 1.807) is 10.9 Å². The van der Waals surface area contributed by atoms with Crippen molar-refractivity contribution in [3.05, 3.63) is 66.2 Å². The Bertz CT molecular complexity index is 1100. The van der Waals surface area contributed by atoms with E-state index in [1.165, 1.54) is 17.5 Å². The highest BCUT2D eigenvalue weighted by atomic mass is 32.2. The summed E-state index contributed by atoms with van der Waals surface area (Å²) < 4.78 is 52.8. The number of sulfonamides is 1. The Labute approximate surface area is 167 Å². The Morgan fingerprint density at radius 1 is 1.17 bits per heavy atom. The fraction of sp³-hybridized carbons (Fsp3) is 0.263. The zero-order valence-corrected chi connectivity index (χ0v) is 16.4. The average Bonchev–Trinajstić information content (AvgIpc) is 3.14. The van der Waals surface area contributed by atoms with E-state index in [1.807, 2.05) is 30.3 Å². The molecule has 0 atom stereocenters. The van der Waals surface area contributed by atoms with Crippen molar-refractivity contribution in [2.45, 2.75) is 17.5 Å². The minimum atomic E-state index is -3.87. The summed E-state index contributed by atoms with van der Waals surface area (Å²) in [6, 6.07) is 12.6. The number of methoxy groups -OCH3 is 1. The zero-order valence-electron chi connectivity index (χ0n) is 15.6. The average molecular weight is 418 g/mol. The van der Waals surface area contributed by atoms with Crippen LogP contribution in [0.15, 0.2) is 59.6 Å². The quantitative estimate of drug-likeness (QED) is 0.585. The molecule has 0 amide bonds. The Balaban J connectivity index is 1.40. The molecule has 2 heterocycles. The Kier molecular flexibility index (Phi) is 5.20. The molecule has 1 aliphatic rings. The molecule has 1 aromatic heterocycles. The van der Waals surface area contributed by atoms with Gasteiger partial charge in [-0.25, -0.2) is 17.5 Å². The highest BCUT2D eigenvalue weighted by Gasteiger charge is 2.39. The van der Waals surface area contributed by atoms with Crippen molar-refractivity contribution in [3.8, 4) is 11.5 Å². The number of ether oxygens (including phenoxy) is 2. The SMILES string of the molecule is COc1ccc(F)cc1S(=O)(=O)N1CC(n2cc(COc3ccccc3)nn2)C1. The molecule has 0 saturated carbocycles. The molecule has 0 radical (unpaired) electrons. The first kappa shape index (κ1) is 19.3. The predicted molar refractivity (Wildman–Crippen MR) is 102 cm³/mol. The maximum Gasteiger partial charge on any atom is 0.247 e. The summed E-state index contributed by atoms with van der Waals surface area (Å²) in [7, 11) is -2.52. The first-order valence-electron chi connectivity index (χ1n) is 8.89. The molecular formula is C19H19FN4O4S. The Hall–Kier alpha value is -2.98. The zero-order chi connectivity index (χ0) is 20.4. The molecule has 4 rings (SSSR count). The third-order valence-electron chi connectivity index (χ3n) is 4.63. The number of aromatic nitrogens is 3. The maximum absolute atomic E-state index is 13.6. The van der Waals surface area contributed by atoms with Crippen molar-refractivity contribution < 1.29 is 22.3 Å². The van der Waals surface area contributed by atoms with Gasteiger partial charge in [-0.1, -0.05) is 23.4 Å². The van der Waals surface area contributed by atoms with Crippen LogP contribution in [-0.4, -0.2) is 47.9 Å². The van der Waals surface area contributed by atoms with E-state index in [-0.39, 0.29) is 36.4 Å². The van der Waals surface area contributed by atoms with Crippen LogP contribution in [0, 0.1) is 5.82 Å². The van der Waals surface area contributed by atoms with Crippen LogP contribution >= 0.6 is 0 Å². The monoisotopic (exact) mass is 418 g/mol. The van der Waals surface area contributed by atoms with E-state index in [4.69, 9.17) is 9.47 Å². The molecule has 8 nitrogen and oxygen atoms in total. The Morgan fingerprint density at radius 2 is 1.93 bits per heavy atom. The van der Waals surface area contributed by atoms with Gasteiger partial charge in [-0.2, -0.15) is 4.31 Å². The number of nitrogens with zero attached hydrogens (tertiary/aromatic N) is 4. The second kappa shape index (κ2) is 7.80. The maximum atomic E-state index is 13.6. The lowest BCUT2D eigenvalue weighted by atomic mass is 10.2. The molecular weight excluding hydrogens is 399 g/mol. The van der Waals surface area contributed by atoms with Crippen molar-refractivity contribution in [1.29, 1.82) is 0 Å². The first-order valence-corrected chi connectivity index (χ1v) is 10.3. The van der Waals surface area contributed by atoms with Crippen LogP contribution in [0.25, 0.3) is 0 Å². The molecule has 0 spiro atoms. The molecule has 152 valence electrons. The van der Waals surface area contributed by atoms with E-state index >= 15 is 0 Å². The molecule has 0 bridgehead atoms. The Morgan fingerprint density at radius 3 is 2.66 bits per heavy atom. The lowest BCUT2D eigenvalue weighted by Gasteiger charge is -2.37. The van der Waals surface area contributed by atoms with Gasteiger partial charge in [-0.15, -0.1) is 5.10 Å². The predicted octanol–water partition coefficient (Wildman–Crippen LogP) is 2.25. The van der Waals surface area contributed by atoms with Crippen molar-refractivity contribution in [2.75, 3.05) is 20.2 Å². The summed E-state index contributed by atoms with van der Waals surface area (Å²) in [4.78, 5) is -0.186. The molecule has 0 unspecified atom stereocenters. The molecule has 1 fully saturated rings. The van der Waals surface area contributed by atoms with Crippen molar-refractivity contribution in [3.63, 3.8) is 0 Å². The fourth-order valence-corrected chi connectivity index (χ4v) is 4.69. The van der Waals surface area contributed by atoms with E-state index < -0.39 is 15.8 Å². The van der Waals surface area contributed by atoms with Crippen molar-refractivity contribution in [2.24, 2.45) is 0 Å². The third kappa shape index (κ3) is 3.94.